The van der Waals surface area contributed by atoms with Crippen LogP contribution in [0.15, 0.2) is 47.6 Å². The van der Waals surface area contributed by atoms with Crippen LogP contribution in [-0.4, -0.2) is 24.5 Å². The first kappa shape index (κ1) is 13.4. The van der Waals surface area contributed by atoms with Crippen LogP contribution >= 0.6 is 0 Å². The minimum atomic E-state index is 0.0116. The van der Waals surface area contributed by atoms with Crippen LogP contribution in [0, 0.1) is 0 Å². The molecule has 0 amide bonds. The number of hydrazone groups is 1. The number of anilines is 1. The summed E-state index contributed by atoms with van der Waals surface area (Å²) in [6, 6.07) is 15.3. The van der Waals surface area contributed by atoms with Crippen LogP contribution in [0.25, 0.3) is 11.1 Å². The van der Waals surface area contributed by atoms with Crippen molar-refractivity contribution in [3.63, 3.8) is 0 Å². The summed E-state index contributed by atoms with van der Waals surface area (Å²) in [7, 11) is 0. The lowest BCUT2D eigenvalue weighted by atomic mass is 9.81. The Morgan fingerprint density at radius 3 is 2.59 bits per heavy atom. The topological polar surface area (TPSA) is 18.8 Å². The predicted octanol–water partition coefficient (Wildman–Crippen LogP) is 4.04. The number of fused-ring (bicyclic) bond motifs is 3. The van der Waals surface area contributed by atoms with Gasteiger partial charge in [-0.15, -0.1) is 0 Å². The maximum atomic E-state index is 4.60. The third kappa shape index (κ3) is 1.71. The van der Waals surface area contributed by atoms with E-state index in [2.05, 4.69) is 78.2 Å². The largest absolute Gasteiger partial charge is 0.342 e. The van der Waals surface area contributed by atoms with Crippen LogP contribution < -0.4 is 5.01 Å². The van der Waals surface area contributed by atoms with Crippen LogP contribution in [0.5, 0.6) is 0 Å². The molecule has 0 unspecified atom stereocenters. The summed E-state index contributed by atoms with van der Waals surface area (Å²) in [5.74, 6) is 0. The van der Waals surface area contributed by atoms with Gasteiger partial charge in [-0.3, -0.25) is 0 Å². The summed E-state index contributed by atoms with van der Waals surface area (Å²) < 4.78 is 0. The van der Waals surface area contributed by atoms with Crippen molar-refractivity contribution in [3.8, 4) is 11.1 Å². The summed E-state index contributed by atoms with van der Waals surface area (Å²) >= 11 is 0. The van der Waals surface area contributed by atoms with Crippen molar-refractivity contribution in [3.05, 3.63) is 53.6 Å². The summed E-state index contributed by atoms with van der Waals surface area (Å²) in [6.45, 7) is 8.61. The summed E-state index contributed by atoms with van der Waals surface area (Å²) in [6.07, 6.45) is 1.94. The van der Waals surface area contributed by atoms with E-state index < -0.39 is 0 Å². The van der Waals surface area contributed by atoms with E-state index >= 15 is 0 Å². The van der Waals surface area contributed by atoms with Gasteiger partial charge < -0.3 is 4.90 Å². The molecule has 0 atom stereocenters. The second-order valence-corrected chi connectivity index (χ2v) is 6.55. The van der Waals surface area contributed by atoms with Gasteiger partial charge >= 0.3 is 0 Å². The van der Waals surface area contributed by atoms with Crippen LogP contribution in [0.2, 0.25) is 0 Å². The van der Waals surface area contributed by atoms with Gasteiger partial charge in [0.25, 0.3) is 0 Å². The Morgan fingerprint density at radius 2 is 1.82 bits per heavy atom. The third-order valence-electron chi connectivity index (χ3n) is 4.91. The van der Waals surface area contributed by atoms with E-state index in [1.54, 1.807) is 0 Å². The Kier molecular flexibility index (Phi) is 2.80. The minimum Gasteiger partial charge on any atom is -0.342 e. The predicted molar refractivity (Wildman–Crippen MR) is 92.2 cm³/mol. The monoisotopic (exact) mass is 291 g/mol. The molecule has 1 aliphatic heterocycles. The average Bonchev–Trinajstić information content (AvgIpc) is 3.10. The highest BCUT2D eigenvalue weighted by molar-refractivity contribution is 5.86. The molecule has 22 heavy (non-hydrogen) atoms. The molecular formula is C19H21N3. The highest BCUT2D eigenvalue weighted by Crippen LogP contribution is 2.52. The summed E-state index contributed by atoms with van der Waals surface area (Å²) in [5, 5.41) is 6.72. The van der Waals surface area contributed by atoms with Crippen molar-refractivity contribution in [1.82, 2.24) is 4.90 Å². The Bertz CT molecular complexity index is 761. The molecule has 0 aromatic heterocycles. The highest BCUT2D eigenvalue weighted by Gasteiger charge is 2.38. The van der Waals surface area contributed by atoms with Crippen LogP contribution in [0.1, 0.15) is 31.9 Å². The highest BCUT2D eigenvalue weighted by atomic mass is 15.6. The summed E-state index contributed by atoms with van der Waals surface area (Å²) in [4.78, 5) is 2.22. The Balaban J connectivity index is 1.88. The second-order valence-electron chi connectivity index (χ2n) is 6.55. The normalized spacial score (nSPS) is 17.8. The molecule has 0 fully saturated rings. The number of benzene rings is 2. The van der Waals surface area contributed by atoms with E-state index in [4.69, 9.17) is 0 Å². The van der Waals surface area contributed by atoms with Gasteiger partial charge in [0, 0.05) is 12.0 Å². The average molecular weight is 291 g/mol. The van der Waals surface area contributed by atoms with Gasteiger partial charge in [-0.05, 0) is 35.2 Å². The molecular weight excluding hydrogens is 270 g/mol. The molecule has 0 saturated carbocycles. The molecule has 0 N–H and O–H groups in total. The first-order valence-electron chi connectivity index (χ1n) is 7.92. The number of hydrogen-bond acceptors (Lipinski definition) is 3. The Hall–Kier alpha value is -2.29. The van der Waals surface area contributed by atoms with Gasteiger partial charge in [-0.25, -0.2) is 5.01 Å². The van der Waals surface area contributed by atoms with E-state index in [0.717, 1.165) is 13.2 Å². The van der Waals surface area contributed by atoms with Gasteiger partial charge in [0.2, 0.25) is 0 Å². The Labute approximate surface area is 131 Å². The van der Waals surface area contributed by atoms with Gasteiger partial charge in [0.1, 0.15) is 13.0 Å². The lowest BCUT2D eigenvalue weighted by molar-refractivity contribution is 0.480. The van der Waals surface area contributed by atoms with E-state index in [0.29, 0.717) is 0 Å². The minimum absolute atomic E-state index is 0.0116. The third-order valence-corrected chi connectivity index (χ3v) is 4.91. The molecule has 0 spiro atoms. The second kappa shape index (κ2) is 4.60. The van der Waals surface area contributed by atoms with E-state index in [9.17, 15) is 0 Å². The van der Waals surface area contributed by atoms with Crippen molar-refractivity contribution >= 4 is 12.0 Å². The first-order valence-corrected chi connectivity index (χ1v) is 7.92. The lowest BCUT2D eigenvalue weighted by Gasteiger charge is -2.27. The molecule has 3 heteroatoms. The maximum absolute atomic E-state index is 4.60. The molecule has 0 saturated heterocycles. The van der Waals surface area contributed by atoms with Crippen molar-refractivity contribution in [2.75, 3.05) is 18.2 Å². The van der Waals surface area contributed by atoms with Gasteiger partial charge in [-0.2, -0.15) is 5.10 Å². The van der Waals surface area contributed by atoms with Crippen LogP contribution in [-0.2, 0) is 5.41 Å². The molecule has 2 aromatic carbocycles. The van der Waals surface area contributed by atoms with Crippen LogP contribution in [0.4, 0.5) is 5.69 Å². The molecule has 2 aliphatic rings. The smallest absolute Gasteiger partial charge is 0.113 e. The zero-order chi connectivity index (χ0) is 15.3. The number of nitrogens with zero attached hydrogens (tertiary/aromatic N) is 3. The molecule has 2 aromatic rings. The maximum Gasteiger partial charge on any atom is 0.113 e. The van der Waals surface area contributed by atoms with Crippen LogP contribution in [0.3, 0.4) is 0 Å². The number of rotatable bonds is 2. The van der Waals surface area contributed by atoms with Crippen molar-refractivity contribution in [1.29, 1.82) is 0 Å². The molecule has 0 radical (unpaired) electrons. The Morgan fingerprint density at radius 1 is 1.05 bits per heavy atom. The van der Waals surface area contributed by atoms with Gasteiger partial charge in [0.15, 0.2) is 0 Å². The van der Waals surface area contributed by atoms with E-state index in [1.165, 1.54) is 27.9 Å². The van der Waals surface area contributed by atoms with Crippen molar-refractivity contribution in [2.24, 2.45) is 5.10 Å². The van der Waals surface area contributed by atoms with Crippen molar-refractivity contribution in [2.45, 2.75) is 26.2 Å². The van der Waals surface area contributed by atoms with Crippen molar-refractivity contribution < 1.29 is 0 Å². The SMILES string of the molecule is CCN1C=NN(c2cccc3c2C(C)(C)c2ccccc2-3)C1. The number of hydrogen-bond donors (Lipinski definition) is 0. The fourth-order valence-corrected chi connectivity index (χ4v) is 3.73. The fraction of sp³-hybridized carbons (Fsp3) is 0.316. The lowest BCUT2D eigenvalue weighted by Crippen LogP contribution is -2.28. The van der Waals surface area contributed by atoms with Gasteiger partial charge in [0.05, 0.1) is 5.69 Å². The standard InChI is InChI=1S/C19H21N3/c1-4-21-12-20-22(13-21)17-11-7-9-15-14-8-5-6-10-16(14)19(2,3)18(15)17/h5-12H,4,13H2,1-3H3. The molecule has 4 rings (SSSR count). The van der Waals surface area contributed by atoms with E-state index in [1.807, 2.05) is 6.34 Å². The molecule has 1 heterocycles. The van der Waals surface area contributed by atoms with E-state index in [-0.39, 0.29) is 5.41 Å². The zero-order valence-corrected chi connectivity index (χ0v) is 13.4. The first-order chi connectivity index (χ1) is 10.6. The molecule has 3 nitrogen and oxygen atoms in total. The molecule has 112 valence electrons. The fourth-order valence-electron chi connectivity index (χ4n) is 3.73. The molecule has 1 aliphatic carbocycles. The zero-order valence-electron chi connectivity index (χ0n) is 13.4. The molecule has 0 bridgehead atoms. The summed E-state index contributed by atoms with van der Waals surface area (Å²) in [5.41, 5.74) is 6.76. The quantitative estimate of drug-likeness (QED) is 0.831. The van der Waals surface area contributed by atoms with Gasteiger partial charge in [-0.1, -0.05) is 50.2 Å².